The molecule has 2 heterocycles. The quantitative estimate of drug-likeness (QED) is 0.244. The standard InChI is InChI=1S/C32H32FN3O5/c1-20(21-7-9-22(33)10-8-21)35-32(37)36-23-11-13-25(14-12-23)40-27-15-16-34-26-19-28(41-24-5-3-2-4-6-24)30-31(29(26)27)39-18-17-38-30/h7-16,19-20,24H,2-6,17-18H2,1H3,(H2,35,36,37)/t20-/m1/s1. The van der Waals surface area contributed by atoms with E-state index in [0.717, 1.165) is 23.8 Å². The third-order valence-electron chi connectivity index (χ3n) is 7.35. The minimum Gasteiger partial charge on any atom is -0.486 e. The van der Waals surface area contributed by atoms with Gasteiger partial charge in [-0.1, -0.05) is 18.6 Å². The number of aromatic nitrogens is 1. The van der Waals surface area contributed by atoms with Crippen LogP contribution in [0.25, 0.3) is 10.9 Å². The minimum absolute atomic E-state index is 0.163. The highest BCUT2D eigenvalue weighted by molar-refractivity contribution is 5.95. The van der Waals surface area contributed by atoms with Gasteiger partial charge in [-0.05, 0) is 80.6 Å². The van der Waals surface area contributed by atoms with Crippen molar-refractivity contribution in [2.75, 3.05) is 18.5 Å². The van der Waals surface area contributed by atoms with Gasteiger partial charge < -0.3 is 29.6 Å². The number of ether oxygens (including phenoxy) is 4. The summed E-state index contributed by atoms with van der Waals surface area (Å²) in [7, 11) is 0. The summed E-state index contributed by atoms with van der Waals surface area (Å²) in [5.41, 5.74) is 2.10. The summed E-state index contributed by atoms with van der Waals surface area (Å²) in [5, 5.41) is 6.38. The maximum Gasteiger partial charge on any atom is 0.319 e. The second-order valence-electron chi connectivity index (χ2n) is 10.3. The molecule has 1 atom stereocenters. The zero-order chi connectivity index (χ0) is 28.2. The van der Waals surface area contributed by atoms with Crippen molar-refractivity contribution >= 4 is 22.6 Å². The van der Waals surface area contributed by atoms with E-state index in [9.17, 15) is 9.18 Å². The molecule has 212 valence electrons. The Morgan fingerprint density at radius 3 is 2.44 bits per heavy atom. The van der Waals surface area contributed by atoms with Crippen molar-refractivity contribution in [1.82, 2.24) is 10.3 Å². The molecule has 0 unspecified atom stereocenters. The molecular formula is C32H32FN3O5. The summed E-state index contributed by atoms with van der Waals surface area (Å²) >= 11 is 0. The summed E-state index contributed by atoms with van der Waals surface area (Å²) in [6, 6.07) is 16.1. The summed E-state index contributed by atoms with van der Waals surface area (Å²) in [4.78, 5) is 17.1. The summed E-state index contributed by atoms with van der Waals surface area (Å²) in [6.45, 7) is 2.70. The smallest absolute Gasteiger partial charge is 0.319 e. The topological polar surface area (TPSA) is 90.9 Å². The van der Waals surface area contributed by atoms with Gasteiger partial charge in [-0.3, -0.25) is 4.98 Å². The van der Waals surface area contributed by atoms with Crippen molar-refractivity contribution in [3.8, 4) is 28.7 Å². The number of hydrogen-bond donors (Lipinski definition) is 2. The Labute approximate surface area is 237 Å². The second-order valence-corrected chi connectivity index (χ2v) is 10.3. The predicted molar refractivity (Wildman–Crippen MR) is 154 cm³/mol. The summed E-state index contributed by atoms with van der Waals surface area (Å²) in [5.74, 6) is 2.66. The number of nitrogens with zero attached hydrogens (tertiary/aromatic N) is 1. The number of hydrogen-bond acceptors (Lipinski definition) is 6. The van der Waals surface area contributed by atoms with Crippen molar-refractivity contribution in [3.05, 3.63) is 78.2 Å². The van der Waals surface area contributed by atoms with E-state index >= 15 is 0 Å². The molecule has 1 saturated carbocycles. The number of amides is 2. The average molecular weight is 558 g/mol. The van der Waals surface area contributed by atoms with E-state index in [4.69, 9.17) is 18.9 Å². The molecule has 9 heteroatoms. The third-order valence-corrected chi connectivity index (χ3v) is 7.35. The van der Waals surface area contributed by atoms with Crippen LogP contribution in [0.15, 0.2) is 66.9 Å². The molecular weight excluding hydrogens is 525 g/mol. The lowest BCUT2D eigenvalue weighted by molar-refractivity contribution is 0.130. The van der Waals surface area contributed by atoms with Gasteiger partial charge in [0.2, 0.25) is 5.75 Å². The largest absolute Gasteiger partial charge is 0.486 e. The van der Waals surface area contributed by atoms with Crippen molar-refractivity contribution in [2.24, 2.45) is 0 Å². The van der Waals surface area contributed by atoms with Gasteiger partial charge in [0.05, 0.1) is 23.0 Å². The minimum atomic E-state index is -0.370. The second kappa shape index (κ2) is 11.9. The molecule has 1 aromatic heterocycles. The number of urea groups is 1. The number of rotatable bonds is 7. The van der Waals surface area contributed by atoms with Gasteiger partial charge in [0.25, 0.3) is 0 Å². The molecule has 8 nitrogen and oxygen atoms in total. The molecule has 0 radical (unpaired) electrons. The molecule has 1 fully saturated rings. The number of pyridine rings is 1. The molecule has 4 aromatic rings. The molecule has 2 N–H and O–H groups in total. The lowest BCUT2D eigenvalue weighted by Gasteiger charge is -2.27. The van der Waals surface area contributed by atoms with Crippen LogP contribution in [0.5, 0.6) is 28.7 Å². The Morgan fingerprint density at radius 2 is 1.68 bits per heavy atom. The number of halogens is 1. The van der Waals surface area contributed by atoms with E-state index in [0.29, 0.717) is 53.2 Å². The first-order chi connectivity index (χ1) is 20.0. The van der Waals surface area contributed by atoms with Gasteiger partial charge in [-0.15, -0.1) is 0 Å². The lowest BCUT2D eigenvalue weighted by atomic mass is 9.98. The van der Waals surface area contributed by atoms with Crippen LogP contribution in [0, 0.1) is 5.82 Å². The van der Waals surface area contributed by atoms with Gasteiger partial charge in [-0.2, -0.15) is 0 Å². The van der Waals surface area contributed by atoms with Crippen LogP contribution >= 0.6 is 0 Å². The Balaban J connectivity index is 1.17. The number of carbonyl (C=O) groups is 1. The molecule has 0 spiro atoms. The molecule has 2 aliphatic rings. The summed E-state index contributed by atoms with van der Waals surface area (Å²) < 4.78 is 37.9. The molecule has 6 rings (SSSR count). The Bertz CT molecular complexity index is 1520. The van der Waals surface area contributed by atoms with Crippen LogP contribution in [-0.2, 0) is 0 Å². The molecule has 1 aliphatic carbocycles. The zero-order valence-corrected chi connectivity index (χ0v) is 22.8. The summed E-state index contributed by atoms with van der Waals surface area (Å²) in [6.07, 6.45) is 7.51. The number of nitrogens with one attached hydrogen (secondary N) is 2. The van der Waals surface area contributed by atoms with Gasteiger partial charge in [0.1, 0.15) is 30.5 Å². The maximum absolute atomic E-state index is 13.2. The van der Waals surface area contributed by atoms with Crippen molar-refractivity contribution in [2.45, 2.75) is 51.2 Å². The molecule has 0 saturated heterocycles. The predicted octanol–water partition coefficient (Wildman–Crippen LogP) is 7.53. The highest BCUT2D eigenvalue weighted by Gasteiger charge is 2.26. The van der Waals surface area contributed by atoms with Crippen LogP contribution in [0.1, 0.15) is 50.6 Å². The fraction of sp³-hybridized carbons (Fsp3) is 0.312. The van der Waals surface area contributed by atoms with E-state index < -0.39 is 0 Å². The van der Waals surface area contributed by atoms with Crippen molar-refractivity contribution in [3.63, 3.8) is 0 Å². The van der Waals surface area contributed by atoms with Gasteiger partial charge in [0.15, 0.2) is 11.5 Å². The molecule has 0 bridgehead atoms. The Hall–Kier alpha value is -4.53. The maximum atomic E-state index is 13.2. The molecule has 41 heavy (non-hydrogen) atoms. The first-order valence-corrected chi connectivity index (χ1v) is 14.0. The van der Waals surface area contributed by atoms with Gasteiger partial charge >= 0.3 is 6.03 Å². The Kier molecular flexibility index (Phi) is 7.75. The van der Waals surface area contributed by atoms with E-state index in [1.807, 2.05) is 13.0 Å². The normalized spacial score (nSPS) is 15.7. The first-order valence-electron chi connectivity index (χ1n) is 14.0. The average Bonchev–Trinajstić information content (AvgIpc) is 2.99. The lowest BCUT2D eigenvalue weighted by Crippen LogP contribution is -2.31. The molecule has 2 amide bonds. The fourth-order valence-corrected chi connectivity index (χ4v) is 5.24. The number of benzene rings is 3. The van der Waals surface area contributed by atoms with Gasteiger partial charge in [0, 0.05) is 18.0 Å². The van der Waals surface area contributed by atoms with E-state index in [1.165, 1.54) is 31.4 Å². The SMILES string of the molecule is C[C@@H](NC(=O)Nc1ccc(Oc2ccnc3cc(OC4CCCCC4)c4c(c23)OCCO4)cc1)c1ccc(F)cc1. The highest BCUT2D eigenvalue weighted by Crippen LogP contribution is 2.49. The number of anilines is 1. The van der Waals surface area contributed by atoms with E-state index in [2.05, 4.69) is 15.6 Å². The zero-order valence-electron chi connectivity index (χ0n) is 22.8. The molecule has 3 aromatic carbocycles. The van der Waals surface area contributed by atoms with Crippen molar-refractivity contribution in [1.29, 1.82) is 0 Å². The Morgan fingerprint density at radius 1 is 0.951 bits per heavy atom. The number of fused-ring (bicyclic) bond motifs is 3. The highest BCUT2D eigenvalue weighted by atomic mass is 19.1. The van der Waals surface area contributed by atoms with Crippen LogP contribution in [0.2, 0.25) is 0 Å². The van der Waals surface area contributed by atoms with Crippen LogP contribution in [-0.4, -0.2) is 30.3 Å². The van der Waals surface area contributed by atoms with E-state index in [-0.39, 0.29) is 24.0 Å². The fourth-order valence-electron chi connectivity index (χ4n) is 5.24. The van der Waals surface area contributed by atoms with Crippen LogP contribution < -0.4 is 29.6 Å². The van der Waals surface area contributed by atoms with Gasteiger partial charge in [-0.25, -0.2) is 9.18 Å². The molecule has 1 aliphatic heterocycles. The van der Waals surface area contributed by atoms with Crippen LogP contribution in [0.4, 0.5) is 14.9 Å². The monoisotopic (exact) mass is 557 g/mol. The first kappa shape index (κ1) is 26.7. The number of carbonyl (C=O) groups excluding carboxylic acids is 1. The van der Waals surface area contributed by atoms with Crippen LogP contribution in [0.3, 0.4) is 0 Å². The van der Waals surface area contributed by atoms with E-state index in [1.54, 1.807) is 48.7 Å². The van der Waals surface area contributed by atoms with Crippen molar-refractivity contribution < 1.29 is 28.1 Å². The third kappa shape index (κ3) is 6.14.